The van der Waals surface area contributed by atoms with Crippen molar-refractivity contribution in [1.82, 2.24) is 10.2 Å². The first-order valence-corrected chi connectivity index (χ1v) is 5.83. The topological polar surface area (TPSA) is 15.3 Å². The van der Waals surface area contributed by atoms with Gasteiger partial charge in [-0.2, -0.15) is 0 Å². The van der Waals surface area contributed by atoms with E-state index >= 15 is 0 Å². The maximum atomic E-state index is 3.59. The molecule has 0 saturated carbocycles. The average Bonchev–Trinajstić information content (AvgIpc) is 2.20. The summed E-state index contributed by atoms with van der Waals surface area (Å²) in [6.07, 6.45) is 7.07. The van der Waals surface area contributed by atoms with Crippen molar-refractivity contribution in [2.75, 3.05) is 19.6 Å². The maximum Gasteiger partial charge on any atom is 0.0221 e. The lowest BCUT2D eigenvalue weighted by atomic mass is 9.98. The van der Waals surface area contributed by atoms with Crippen LogP contribution < -0.4 is 5.32 Å². The minimum absolute atomic E-state index is 0.751. The Morgan fingerprint density at radius 2 is 1.85 bits per heavy atom. The molecule has 0 bridgehead atoms. The number of nitrogens with zero attached hydrogens (tertiary/aromatic N) is 1. The fourth-order valence-corrected chi connectivity index (χ4v) is 2.58. The molecule has 2 fully saturated rings. The van der Waals surface area contributed by atoms with Crippen LogP contribution in [0.3, 0.4) is 0 Å². The van der Waals surface area contributed by atoms with Gasteiger partial charge < -0.3 is 5.32 Å². The maximum absolute atomic E-state index is 3.59. The van der Waals surface area contributed by atoms with Crippen molar-refractivity contribution in [1.29, 1.82) is 0 Å². The van der Waals surface area contributed by atoms with Gasteiger partial charge in [-0.1, -0.05) is 6.42 Å². The number of likely N-dealkylation sites (tertiary alicyclic amines) is 1. The van der Waals surface area contributed by atoms with Crippen molar-refractivity contribution in [3.05, 3.63) is 0 Å². The smallest absolute Gasteiger partial charge is 0.0221 e. The van der Waals surface area contributed by atoms with Crippen LogP contribution in [0.25, 0.3) is 0 Å². The molecule has 76 valence electrons. The molecule has 1 N–H and O–H groups in total. The highest BCUT2D eigenvalue weighted by Gasteiger charge is 2.24. The average molecular weight is 182 g/mol. The van der Waals surface area contributed by atoms with Crippen molar-refractivity contribution < 1.29 is 0 Å². The van der Waals surface area contributed by atoms with Gasteiger partial charge in [-0.05, 0) is 45.7 Å². The van der Waals surface area contributed by atoms with Gasteiger partial charge in [0.2, 0.25) is 0 Å². The van der Waals surface area contributed by atoms with Crippen molar-refractivity contribution in [2.45, 2.75) is 51.1 Å². The fraction of sp³-hybridized carbons (Fsp3) is 1.00. The molecule has 2 nitrogen and oxygen atoms in total. The summed E-state index contributed by atoms with van der Waals surface area (Å²) < 4.78 is 0. The van der Waals surface area contributed by atoms with E-state index in [-0.39, 0.29) is 0 Å². The number of hydrogen-bond acceptors (Lipinski definition) is 2. The molecule has 0 aromatic heterocycles. The Kier molecular flexibility index (Phi) is 3.23. The molecule has 0 aliphatic carbocycles. The van der Waals surface area contributed by atoms with E-state index in [1.807, 2.05) is 0 Å². The second-order valence-electron chi connectivity index (χ2n) is 4.64. The SMILES string of the molecule is CC1CCC(N2CCCCC2)CN1. The van der Waals surface area contributed by atoms with Gasteiger partial charge in [-0.15, -0.1) is 0 Å². The summed E-state index contributed by atoms with van der Waals surface area (Å²) in [7, 11) is 0. The molecule has 2 rings (SSSR count). The highest BCUT2D eigenvalue weighted by molar-refractivity contribution is 4.83. The summed E-state index contributed by atoms with van der Waals surface area (Å²) in [5.74, 6) is 0. The Labute approximate surface area is 81.7 Å². The molecule has 13 heavy (non-hydrogen) atoms. The molecule has 0 aromatic carbocycles. The zero-order chi connectivity index (χ0) is 9.10. The van der Waals surface area contributed by atoms with Crippen molar-refractivity contribution in [2.24, 2.45) is 0 Å². The monoisotopic (exact) mass is 182 g/mol. The van der Waals surface area contributed by atoms with Gasteiger partial charge in [0.1, 0.15) is 0 Å². The van der Waals surface area contributed by atoms with Gasteiger partial charge in [0.25, 0.3) is 0 Å². The van der Waals surface area contributed by atoms with E-state index < -0.39 is 0 Å². The molecule has 2 heterocycles. The van der Waals surface area contributed by atoms with E-state index in [0.717, 1.165) is 12.1 Å². The second kappa shape index (κ2) is 4.43. The van der Waals surface area contributed by atoms with Crippen LogP contribution in [0, 0.1) is 0 Å². The quantitative estimate of drug-likeness (QED) is 0.663. The van der Waals surface area contributed by atoms with Gasteiger partial charge >= 0.3 is 0 Å². The molecule has 0 spiro atoms. The van der Waals surface area contributed by atoms with Crippen LogP contribution in [0.2, 0.25) is 0 Å². The Balaban J connectivity index is 1.79. The summed E-state index contributed by atoms with van der Waals surface area (Å²) in [6.45, 7) is 6.22. The Morgan fingerprint density at radius 1 is 1.08 bits per heavy atom. The molecular weight excluding hydrogens is 160 g/mol. The first kappa shape index (κ1) is 9.47. The molecular formula is C11H22N2. The number of piperidine rings is 2. The summed E-state index contributed by atoms with van der Waals surface area (Å²) >= 11 is 0. The van der Waals surface area contributed by atoms with Crippen LogP contribution in [-0.4, -0.2) is 36.6 Å². The fourth-order valence-electron chi connectivity index (χ4n) is 2.58. The summed E-state index contributed by atoms with van der Waals surface area (Å²) in [5.41, 5.74) is 0. The second-order valence-corrected chi connectivity index (χ2v) is 4.64. The predicted molar refractivity (Wildman–Crippen MR) is 55.9 cm³/mol. The van der Waals surface area contributed by atoms with Gasteiger partial charge in [0.05, 0.1) is 0 Å². The van der Waals surface area contributed by atoms with Crippen LogP contribution in [0.5, 0.6) is 0 Å². The molecule has 0 amide bonds. The lowest BCUT2D eigenvalue weighted by Crippen LogP contribution is -2.50. The van der Waals surface area contributed by atoms with Crippen LogP contribution in [0.4, 0.5) is 0 Å². The molecule has 0 aromatic rings. The van der Waals surface area contributed by atoms with Crippen LogP contribution in [-0.2, 0) is 0 Å². The van der Waals surface area contributed by atoms with E-state index in [4.69, 9.17) is 0 Å². The highest BCUT2D eigenvalue weighted by Crippen LogP contribution is 2.18. The summed E-state index contributed by atoms with van der Waals surface area (Å²) in [5, 5.41) is 3.59. The van der Waals surface area contributed by atoms with Crippen LogP contribution >= 0.6 is 0 Å². The van der Waals surface area contributed by atoms with Gasteiger partial charge in [0, 0.05) is 18.6 Å². The molecule has 2 aliphatic rings. The Hall–Kier alpha value is -0.0800. The van der Waals surface area contributed by atoms with Gasteiger partial charge in [0.15, 0.2) is 0 Å². The molecule has 2 aliphatic heterocycles. The molecule has 2 atom stereocenters. The van der Waals surface area contributed by atoms with Crippen LogP contribution in [0.15, 0.2) is 0 Å². The van der Waals surface area contributed by atoms with Gasteiger partial charge in [-0.3, -0.25) is 4.90 Å². The Morgan fingerprint density at radius 3 is 2.46 bits per heavy atom. The number of hydrogen-bond donors (Lipinski definition) is 1. The minimum atomic E-state index is 0.751. The standard InChI is InChI=1S/C11H22N2/c1-10-5-6-11(9-12-10)13-7-3-2-4-8-13/h10-12H,2-9H2,1H3. The van der Waals surface area contributed by atoms with E-state index in [1.54, 1.807) is 0 Å². The summed E-state index contributed by atoms with van der Waals surface area (Å²) in [4.78, 5) is 2.70. The normalized spacial score (nSPS) is 37.6. The number of nitrogens with one attached hydrogen (secondary N) is 1. The zero-order valence-electron chi connectivity index (χ0n) is 8.76. The highest BCUT2D eigenvalue weighted by atomic mass is 15.2. The van der Waals surface area contributed by atoms with Gasteiger partial charge in [-0.25, -0.2) is 0 Å². The van der Waals surface area contributed by atoms with E-state index in [9.17, 15) is 0 Å². The van der Waals surface area contributed by atoms with Crippen molar-refractivity contribution in [3.63, 3.8) is 0 Å². The summed E-state index contributed by atoms with van der Waals surface area (Å²) in [6, 6.07) is 1.59. The minimum Gasteiger partial charge on any atom is -0.313 e. The lowest BCUT2D eigenvalue weighted by Gasteiger charge is -2.38. The third-order valence-corrected chi connectivity index (χ3v) is 3.54. The van der Waals surface area contributed by atoms with Crippen molar-refractivity contribution >= 4 is 0 Å². The van der Waals surface area contributed by atoms with E-state index in [1.165, 1.54) is 51.7 Å². The van der Waals surface area contributed by atoms with Crippen molar-refractivity contribution in [3.8, 4) is 0 Å². The van der Waals surface area contributed by atoms with E-state index in [2.05, 4.69) is 17.1 Å². The lowest BCUT2D eigenvalue weighted by molar-refractivity contribution is 0.130. The number of rotatable bonds is 1. The Bertz CT molecular complexity index is 144. The van der Waals surface area contributed by atoms with E-state index in [0.29, 0.717) is 0 Å². The third-order valence-electron chi connectivity index (χ3n) is 3.54. The first-order chi connectivity index (χ1) is 6.36. The predicted octanol–water partition coefficient (Wildman–Crippen LogP) is 1.61. The molecule has 0 radical (unpaired) electrons. The zero-order valence-corrected chi connectivity index (χ0v) is 8.76. The molecule has 2 unspecified atom stereocenters. The first-order valence-electron chi connectivity index (χ1n) is 5.83. The molecule has 2 saturated heterocycles. The third kappa shape index (κ3) is 2.44. The molecule has 2 heteroatoms. The largest absolute Gasteiger partial charge is 0.313 e. The van der Waals surface area contributed by atoms with Crippen LogP contribution in [0.1, 0.15) is 39.0 Å².